The van der Waals surface area contributed by atoms with Crippen LogP contribution in [-0.2, 0) is 0 Å². The molecule has 0 atom stereocenters. The number of carbonyl (C=O) groups excluding carboxylic acids is 1. The summed E-state index contributed by atoms with van der Waals surface area (Å²) < 4.78 is 15.9. The summed E-state index contributed by atoms with van der Waals surface area (Å²) in [5.74, 6) is 1.59. The fourth-order valence-electron chi connectivity index (χ4n) is 3.91. The molecule has 0 aromatic heterocycles. The van der Waals surface area contributed by atoms with Crippen molar-refractivity contribution < 1.29 is 19.0 Å². The Balaban J connectivity index is 1.71. The molecule has 0 heterocycles. The largest absolute Gasteiger partial charge is 0.493 e. The molecule has 0 bridgehead atoms. The number of hydrogen-bond acceptors (Lipinski definition) is 5. The lowest BCUT2D eigenvalue weighted by molar-refractivity contribution is 0.0954. The molecule has 1 aliphatic rings. The number of hydrogen-bond donors (Lipinski definition) is 1. The normalized spacial score (nSPS) is 14.9. The van der Waals surface area contributed by atoms with E-state index in [9.17, 15) is 4.79 Å². The molecule has 1 saturated carbocycles. The molecule has 0 aliphatic heterocycles. The fraction of sp³-hybridized carbons (Fsp3) is 0.417. The number of nitrogens with zero attached hydrogens (tertiary/aromatic N) is 1. The Hall–Kier alpha value is -3.02. The van der Waals surface area contributed by atoms with Gasteiger partial charge in [-0.05, 0) is 48.9 Å². The topological polar surface area (TPSA) is 69.2 Å². The highest BCUT2D eigenvalue weighted by molar-refractivity contribution is 6.01. The molecule has 160 valence electrons. The Labute approximate surface area is 178 Å². The van der Waals surface area contributed by atoms with Crippen LogP contribution in [0.3, 0.4) is 0 Å². The molecular weight excluding hydrogens is 380 g/mol. The van der Waals surface area contributed by atoms with E-state index < -0.39 is 0 Å². The first kappa shape index (κ1) is 21.7. The summed E-state index contributed by atoms with van der Waals surface area (Å²) in [5, 5.41) is 4.27. The van der Waals surface area contributed by atoms with E-state index in [0.717, 1.165) is 11.3 Å². The summed E-state index contributed by atoms with van der Waals surface area (Å²) in [5.41, 5.74) is 6.11. The average Bonchev–Trinajstić information content (AvgIpc) is 2.81. The molecule has 1 N–H and O–H groups in total. The maximum Gasteiger partial charge on any atom is 0.271 e. The van der Waals surface area contributed by atoms with Crippen LogP contribution in [0.2, 0.25) is 0 Å². The van der Waals surface area contributed by atoms with Gasteiger partial charge in [-0.25, -0.2) is 5.43 Å². The van der Waals surface area contributed by atoms with Gasteiger partial charge in [0.05, 0.1) is 27.0 Å². The molecule has 1 amide bonds. The van der Waals surface area contributed by atoms with Crippen molar-refractivity contribution in [3.8, 4) is 17.2 Å². The second kappa shape index (κ2) is 10.1. The first-order valence-electron chi connectivity index (χ1n) is 10.3. The minimum atomic E-state index is -0.354. The van der Waals surface area contributed by atoms with Crippen LogP contribution in [0.4, 0.5) is 0 Å². The molecule has 0 unspecified atom stereocenters. The highest BCUT2D eigenvalue weighted by atomic mass is 16.5. The number of rotatable bonds is 7. The Kier molecular flexibility index (Phi) is 7.33. The van der Waals surface area contributed by atoms with E-state index in [0.29, 0.717) is 28.7 Å². The van der Waals surface area contributed by atoms with Gasteiger partial charge in [-0.2, -0.15) is 5.10 Å². The summed E-state index contributed by atoms with van der Waals surface area (Å²) in [6, 6.07) is 11.7. The number of nitrogens with one attached hydrogen (secondary N) is 1. The van der Waals surface area contributed by atoms with Crippen LogP contribution in [-0.4, -0.2) is 32.9 Å². The maximum absolute atomic E-state index is 12.6. The highest BCUT2D eigenvalue weighted by Gasteiger charge is 2.17. The van der Waals surface area contributed by atoms with Crippen molar-refractivity contribution in [3.05, 3.63) is 53.1 Å². The molecule has 0 radical (unpaired) electrons. The first-order valence-corrected chi connectivity index (χ1v) is 10.3. The Morgan fingerprint density at radius 3 is 2.03 bits per heavy atom. The number of methoxy groups -OCH3 is 3. The lowest BCUT2D eigenvalue weighted by Gasteiger charge is -2.22. The van der Waals surface area contributed by atoms with Crippen LogP contribution in [0.1, 0.15) is 66.4 Å². The number of ether oxygens (including phenoxy) is 3. The van der Waals surface area contributed by atoms with E-state index in [1.165, 1.54) is 59.0 Å². The van der Waals surface area contributed by atoms with Crippen molar-refractivity contribution >= 4 is 11.6 Å². The lowest BCUT2D eigenvalue weighted by atomic mass is 9.84. The van der Waals surface area contributed by atoms with Crippen molar-refractivity contribution in [2.24, 2.45) is 5.10 Å². The van der Waals surface area contributed by atoms with Crippen LogP contribution in [0, 0.1) is 0 Å². The molecule has 6 nitrogen and oxygen atoms in total. The molecule has 6 heteroatoms. The van der Waals surface area contributed by atoms with Gasteiger partial charge in [0.15, 0.2) is 11.5 Å². The first-order chi connectivity index (χ1) is 14.6. The zero-order valence-electron chi connectivity index (χ0n) is 18.2. The molecule has 0 spiro atoms. The summed E-state index contributed by atoms with van der Waals surface area (Å²) in [6.45, 7) is 1.88. The predicted octanol–water partition coefficient (Wildman–Crippen LogP) is 4.91. The summed E-state index contributed by atoms with van der Waals surface area (Å²) in [7, 11) is 4.55. The van der Waals surface area contributed by atoms with Gasteiger partial charge in [0, 0.05) is 5.56 Å². The quantitative estimate of drug-likeness (QED) is 0.520. The van der Waals surface area contributed by atoms with Gasteiger partial charge < -0.3 is 14.2 Å². The van der Waals surface area contributed by atoms with E-state index in [1.807, 2.05) is 6.92 Å². The van der Waals surface area contributed by atoms with Gasteiger partial charge in [-0.3, -0.25) is 4.79 Å². The van der Waals surface area contributed by atoms with Crippen molar-refractivity contribution in [2.75, 3.05) is 21.3 Å². The molecule has 2 aromatic carbocycles. The number of carbonyl (C=O) groups is 1. The molecule has 3 rings (SSSR count). The number of amides is 1. The minimum Gasteiger partial charge on any atom is -0.493 e. The third kappa shape index (κ3) is 4.93. The standard InChI is InChI=1S/C24H30N2O4/c1-16(17-10-12-19(13-11-17)18-8-6-5-7-9-18)25-26-24(27)20-14-21(28-2)23(30-4)22(15-20)29-3/h10-15,18H,5-9H2,1-4H3,(H,26,27). The van der Waals surface area contributed by atoms with Crippen molar-refractivity contribution in [2.45, 2.75) is 44.9 Å². The van der Waals surface area contributed by atoms with Crippen LogP contribution >= 0.6 is 0 Å². The fourth-order valence-corrected chi connectivity index (χ4v) is 3.91. The van der Waals surface area contributed by atoms with Crippen LogP contribution in [0.5, 0.6) is 17.2 Å². The van der Waals surface area contributed by atoms with E-state index in [2.05, 4.69) is 34.8 Å². The SMILES string of the molecule is COc1cc(C(=O)NN=C(C)c2ccc(C3CCCCC3)cc2)cc(OC)c1OC. The second-order valence-corrected chi connectivity index (χ2v) is 7.51. The molecule has 1 aliphatic carbocycles. The summed E-state index contributed by atoms with van der Waals surface area (Å²) in [4.78, 5) is 12.6. The third-order valence-electron chi connectivity index (χ3n) is 5.66. The smallest absolute Gasteiger partial charge is 0.271 e. The Bertz CT molecular complexity index is 875. The molecule has 1 fully saturated rings. The number of hydrazone groups is 1. The highest BCUT2D eigenvalue weighted by Crippen LogP contribution is 2.38. The molecule has 30 heavy (non-hydrogen) atoms. The molecular formula is C24H30N2O4. The van der Waals surface area contributed by atoms with Gasteiger partial charge >= 0.3 is 0 Å². The van der Waals surface area contributed by atoms with Crippen molar-refractivity contribution in [3.63, 3.8) is 0 Å². The summed E-state index contributed by atoms with van der Waals surface area (Å²) in [6.07, 6.45) is 6.54. The van der Waals surface area contributed by atoms with E-state index >= 15 is 0 Å². The average molecular weight is 411 g/mol. The number of benzene rings is 2. The van der Waals surface area contributed by atoms with Crippen LogP contribution < -0.4 is 19.6 Å². The van der Waals surface area contributed by atoms with E-state index in [-0.39, 0.29) is 5.91 Å². The monoisotopic (exact) mass is 410 g/mol. The van der Waals surface area contributed by atoms with Gasteiger partial charge in [-0.15, -0.1) is 0 Å². The third-order valence-corrected chi connectivity index (χ3v) is 5.66. The zero-order chi connectivity index (χ0) is 21.5. The summed E-state index contributed by atoms with van der Waals surface area (Å²) >= 11 is 0. The van der Waals surface area contributed by atoms with Gasteiger partial charge in [0.1, 0.15) is 0 Å². The van der Waals surface area contributed by atoms with Gasteiger partial charge in [-0.1, -0.05) is 43.5 Å². The van der Waals surface area contributed by atoms with E-state index in [4.69, 9.17) is 14.2 Å². The van der Waals surface area contributed by atoms with Crippen LogP contribution in [0.15, 0.2) is 41.5 Å². The predicted molar refractivity (Wildman–Crippen MR) is 118 cm³/mol. The van der Waals surface area contributed by atoms with Crippen molar-refractivity contribution in [1.29, 1.82) is 0 Å². The van der Waals surface area contributed by atoms with E-state index in [1.54, 1.807) is 12.1 Å². The minimum absolute atomic E-state index is 0.354. The lowest BCUT2D eigenvalue weighted by Crippen LogP contribution is -2.19. The van der Waals surface area contributed by atoms with Crippen molar-refractivity contribution in [1.82, 2.24) is 5.43 Å². The van der Waals surface area contributed by atoms with Gasteiger partial charge in [0.25, 0.3) is 5.91 Å². The van der Waals surface area contributed by atoms with Gasteiger partial charge in [0.2, 0.25) is 5.75 Å². The second-order valence-electron chi connectivity index (χ2n) is 7.51. The maximum atomic E-state index is 12.6. The Morgan fingerprint density at radius 2 is 1.50 bits per heavy atom. The molecule has 2 aromatic rings. The van der Waals surface area contributed by atoms with Crippen LogP contribution in [0.25, 0.3) is 0 Å². The zero-order valence-corrected chi connectivity index (χ0v) is 18.2. The molecule has 0 saturated heterocycles. The Morgan fingerprint density at radius 1 is 0.900 bits per heavy atom.